The van der Waals surface area contributed by atoms with E-state index in [4.69, 9.17) is 15.2 Å². The highest BCUT2D eigenvalue weighted by molar-refractivity contribution is 5.95. The molecule has 0 radical (unpaired) electrons. The minimum Gasteiger partial charge on any atom is -0.497 e. The zero-order valence-corrected chi connectivity index (χ0v) is 13.5. The Hall–Kier alpha value is -3.22. The third kappa shape index (κ3) is 4.39. The SMILES string of the molecule is COc1ccc(OC)c(NC(=O)CNc2ccc(C(N)=O)cc2)c1. The zero-order valence-electron chi connectivity index (χ0n) is 13.5. The molecular weight excluding hydrogens is 310 g/mol. The fraction of sp³-hybridized carbons (Fsp3) is 0.176. The van der Waals surface area contributed by atoms with Crippen molar-refractivity contribution < 1.29 is 19.1 Å². The summed E-state index contributed by atoms with van der Waals surface area (Å²) in [5, 5.41) is 5.72. The molecule has 0 bridgehead atoms. The average Bonchev–Trinajstić information content (AvgIpc) is 2.60. The van der Waals surface area contributed by atoms with E-state index in [9.17, 15) is 9.59 Å². The van der Waals surface area contributed by atoms with E-state index in [2.05, 4.69) is 10.6 Å². The van der Waals surface area contributed by atoms with Crippen LogP contribution in [0.3, 0.4) is 0 Å². The number of amides is 2. The fourth-order valence-corrected chi connectivity index (χ4v) is 2.04. The Morgan fingerprint density at radius 3 is 2.33 bits per heavy atom. The number of nitrogens with two attached hydrogens (primary N) is 1. The second kappa shape index (κ2) is 7.87. The van der Waals surface area contributed by atoms with Crippen molar-refractivity contribution in [2.75, 3.05) is 31.4 Å². The van der Waals surface area contributed by atoms with Crippen LogP contribution in [-0.4, -0.2) is 32.6 Å². The molecule has 0 spiro atoms. The van der Waals surface area contributed by atoms with Gasteiger partial charge in [-0.05, 0) is 36.4 Å². The predicted octanol–water partition coefficient (Wildman–Crippen LogP) is 1.85. The van der Waals surface area contributed by atoms with Crippen molar-refractivity contribution in [2.24, 2.45) is 5.73 Å². The minimum atomic E-state index is -0.496. The van der Waals surface area contributed by atoms with Crippen LogP contribution in [0, 0.1) is 0 Å². The highest BCUT2D eigenvalue weighted by Crippen LogP contribution is 2.28. The summed E-state index contributed by atoms with van der Waals surface area (Å²) in [6, 6.07) is 11.7. The topological polar surface area (TPSA) is 103 Å². The number of carbonyl (C=O) groups is 2. The maximum absolute atomic E-state index is 12.1. The van der Waals surface area contributed by atoms with E-state index in [1.807, 2.05) is 0 Å². The van der Waals surface area contributed by atoms with E-state index in [-0.39, 0.29) is 12.5 Å². The lowest BCUT2D eigenvalue weighted by Crippen LogP contribution is -2.22. The first-order valence-electron chi connectivity index (χ1n) is 7.19. The molecule has 2 aromatic carbocycles. The van der Waals surface area contributed by atoms with Crippen molar-refractivity contribution in [1.29, 1.82) is 0 Å². The van der Waals surface area contributed by atoms with Gasteiger partial charge in [-0.25, -0.2) is 0 Å². The van der Waals surface area contributed by atoms with Gasteiger partial charge in [-0.3, -0.25) is 9.59 Å². The lowest BCUT2D eigenvalue weighted by molar-refractivity contribution is -0.114. The highest BCUT2D eigenvalue weighted by Gasteiger charge is 2.09. The Kier molecular flexibility index (Phi) is 5.62. The van der Waals surface area contributed by atoms with Crippen LogP contribution in [0.5, 0.6) is 11.5 Å². The van der Waals surface area contributed by atoms with Crippen LogP contribution in [0.25, 0.3) is 0 Å². The summed E-state index contributed by atoms with van der Waals surface area (Å²) < 4.78 is 10.3. The first-order valence-corrected chi connectivity index (χ1v) is 7.19. The van der Waals surface area contributed by atoms with Gasteiger partial charge in [0.05, 0.1) is 26.5 Å². The molecule has 0 aliphatic carbocycles. The van der Waals surface area contributed by atoms with Crippen molar-refractivity contribution in [3.63, 3.8) is 0 Å². The van der Waals surface area contributed by atoms with Crippen LogP contribution in [-0.2, 0) is 4.79 Å². The first kappa shape index (κ1) is 17.1. The number of anilines is 2. The number of rotatable bonds is 7. The molecule has 7 heteroatoms. The monoisotopic (exact) mass is 329 g/mol. The van der Waals surface area contributed by atoms with Crippen LogP contribution in [0.2, 0.25) is 0 Å². The predicted molar refractivity (Wildman–Crippen MR) is 91.6 cm³/mol. The molecule has 0 aliphatic rings. The van der Waals surface area contributed by atoms with Crippen molar-refractivity contribution in [2.45, 2.75) is 0 Å². The van der Waals surface area contributed by atoms with Crippen LogP contribution < -0.4 is 25.8 Å². The molecule has 4 N–H and O–H groups in total. The molecule has 0 aromatic heterocycles. The number of hydrogen-bond acceptors (Lipinski definition) is 5. The Bertz CT molecular complexity index is 729. The van der Waals surface area contributed by atoms with E-state index in [1.165, 1.54) is 7.11 Å². The van der Waals surface area contributed by atoms with Gasteiger partial charge in [0.2, 0.25) is 11.8 Å². The zero-order chi connectivity index (χ0) is 17.5. The lowest BCUT2D eigenvalue weighted by Gasteiger charge is -2.12. The molecule has 2 aromatic rings. The first-order chi connectivity index (χ1) is 11.5. The van der Waals surface area contributed by atoms with E-state index in [0.29, 0.717) is 28.4 Å². The number of benzene rings is 2. The van der Waals surface area contributed by atoms with Gasteiger partial charge in [-0.1, -0.05) is 0 Å². The highest BCUT2D eigenvalue weighted by atomic mass is 16.5. The molecule has 24 heavy (non-hydrogen) atoms. The Balaban J connectivity index is 1.97. The second-order valence-corrected chi connectivity index (χ2v) is 4.91. The molecule has 7 nitrogen and oxygen atoms in total. The molecule has 0 saturated heterocycles. The molecule has 0 heterocycles. The lowest BCUT2D eigenvalue weighted by atomic mass is 10.2. The summed E-state index contributed by atoms with van der Waals surface area (Å²) in [6.07, 6.45) is 0. The molecule has 126 valence electrons. The van der Waals surface area contributed by atoms with Gasteiger partial charge in [0.15, 0.2) is 0 Å². The summed E-state index contributed by atoms with van der Waals surface area (Å²) in [5.41, 5.74) is 6.81. The van der Waals surface area contributed by atoms with Gasteiger partial charge < -0.3 is 25.8 Å². The standard InChI is InChI=1S/C17H19N3O4/c1-23-13-7-8-15(24-2)14(9-13)20-16(21)10-19-12-5-3-11(4-6-12)17(18)22/h3-9,19H,10H2,1-2H3,(H2,18,22)(H,20,21). The van der Waals surface area contributed by atoms with Gasteiger partial charge in [0, 0.05) is 17.3 Å². The maximum Gasteiger partial charge on any atom is 0.248 e. The van der Waals surface area contributed by atoms with E-state index >= 15 is 0 Å². The van der Waals surface area contributed by atoms with E-state index in [0.717, 1.165) is 0 Å². The number of carbonyl (C=O) groups excluding carboxylic acids is 2. The third-order valence-electron chi connectivity index (χ3n) is 3.30. The van der Waals surface area contributed by atoms with Gasteiger partial charge >= 0.3 is 0 Å². The van der Waals surface area contributed by atoms with E-state index in [1.54, 1.807) is 49.6 Å². The summed E-state index contributed by atoms with van der Waals surface area (Å²) >= 11 is 0. The molecule has 0 aliphatic heterocycles. The minimum absolute atomic E-state index is 0.0519. The van der Waals surface area contributed by atoms with Crippen LogP contribution in [0.1, 0.15) is 10.4 Å². The smallest absolute Gasteiger partial charge is 0.248 e. The van der Waals surface area contributed by atoms with Gasteiger partial charge in [0.25, 0.3) is 0 Å². The summed E-state index contributed by atoms with van der Waals surface area (Å²) in [7, 11) is 3.07. The molecule has 0 atom stereocenters. The Morgan fingerprint density at radius 2 is 1.75 bits per heavy atom. The van der Waals surface area contributed by atoms with Gasteiger partial charge in [0.1, 0.15) is 11.5 Å². The Labute approximate surface area is 139 Å². The molecule has 2 amide bonds. The molecule has 0 fully saturated rings. The third-order valence-corrected chi connectivity index (χ3v) is 3.30. The molecular formula is C17H19N3O4. The number of nitrogens with one attached hydrogen (secondary N) is 2. The van der Waals surface area contributed by atoms with Crippen LogP contribution >= 0.6 is 0 Å². The van der Waals surface area contributed by atoms with E-state index < -0.39 is 5.91 Å². The maximum atomic E-state index is 12.1. The summed E-state index contributed by atoms with van der Waals surface area (Å²) in [6.45, 7) is 0.0519. The van der Waals surface area contributed by atoms with Crippen LogP contribution in [0.15, 0.2) is 42.5 Å². The molecule has 2 rings (SSSR count). The number of ether oxygens (including phenoxy) is 2. The van der Waals surface area contributed by atoms with Gasteiger partial charge in [-0.2, -0.15) is 0 Å². The van der Waals surface area contributed by atoms with Crippen molar-refractivity contribution in [1.82, 2.24) is 0 Å². The second-order valence-electron chi connectivity index (χ2n) is 4.91. The van der Waals surface area contributed by atoms with Crippen LogP contribution in [0.4, 0.5) is 11.4 Å². The molecule has 0 unspecified atom stereocenters. The number of methoxy groups -OCH3 is 2. The fourth-order valence-electron chi connectivity index (χ4n) is 2.04. The molecule has 0 saturated carbocycles. The van der Waals surface area contributed by atoms with Gasteiger partial charge in [-0.15, -0.1) is 0 Å². The largest absolute Gasteiger partial charge is 0.497 e. The average molecular weight is 329 g/mol. The Morgan fingerprint density at radius 1 is 1.04 bits per heavy atom. The number of hydrogen-bond donors (Lipinski definition) is 3. The summed E-state index contributed by atoms with van der Waals surface area (Å²) in [5.74, 6) is 0.404. The quantitative estimate of drug-likeness (QED) is 0.719. The van der Waals surface area contributed by atoms with Crippen molar-refractivity contribution in [3.8, 4) is 11.5 Å². The van der Waals surface area contributed by atoms with Crippen molar-refractivity contribution in [3.05, 3.63) is 48.0 Å². The summed E-state index contributed by atoms with van der Waals surface area (Å²) in [4.78, 5) is 23.1. The number of primary amides is 1. The van der Waals surface area contributed by atoms with Crippen molar-refractivity contribution >= 4 is 23.2 Å². The normalized spacial score (nSPS) is 9.92.